The first-order valence-electron chi connectivity index (χ1n) is 5.46. The zero-order valence-corrected chi connectivity index (χ0v) is 11.0. The van der Waals surface area contributed by atoms with Gasteiger partial charge in [0.15, 0.2) is 0 Å². The van der Waals surface area contributed by atoms with Gasteiger partial charge in [0.2, 0.25) is 0 Å². The minimum Gasteiger partial charge on any atom is -0.463 e. The highest BCUT2D eigenvalue weighted by atomic mass is 16.6. The van der Waals surface area contributed by atoms with Gasteiger partial charge in [-0.1, -0.05) is 0 Å². The number of hydrogen-bond acceptors (Lipinski definition) is 6. The molecule has 0 spiro atoms. The number of hydrogen-bond donors (Lipinski definition) is 2. The molecule has 104 valence electrons. The summed E-state index contributed by atoms with van der Waals surface area (Å²) in [6, 6.07) is 0. The molecular weight excluding hydrogens is 228 g/mol. The van der Waals surface area contributed by atoms with Gasteiger partial charge in [0.25, 0.3) is 0 Å². The maximum absolute atomic E-state index is 10.0. The summed E-state index contributed by atoms with van der Waals surface area (Å²) in [4.78, 5) is 10.0. The molecule has 2 atom stereocenters. The minimum atomic E-state index is -0.445. The van der Waals surface area contributed by atoms with Crippen molar-refractivity contribution in [1.29, 1.82) is 0 Å². The Balaban J connectivity index is 0. The quantitative estimate of drug-likeness (QED) is 0.488. The summed E-state index contributed by atoms with van der Waals surface area (Å²) in [5.74, 6) is -0.262. The first kappa shape index (κ1) is 18.7. The fourth-order valence-corrected chi connectivity index (χ4v) is 0.625. The molecule has 0 fully saturated rings. The number of esters is 1. The van der Waals surface area contributed by atoms with Crippen LogP contribution in [-0.2, 0) is 19.0 Å². The van der Waals surface area contributed by atoms with Crippen molar-refractivity contribution in [3.63, 3.8) is 0 Å². The largest absolute Gasteiger partial charge is 0.463 e. The Kier molecular flexibility index (Phi) is 14.7. The maximum Gasteiger partial charge on any atom is 0.302 e. The zero-order chi connectivity index (χ0) is 13.7. The number of carbonyl (C=O) groups excluding carboxylic acids is 1. The van der Waals surface area contributed by atoms with Crippen LogP contribution in [0.5, 0.6) is 0 Å². The van der Waals surface area contributed by atoms with Gasteiger partial charge in [0.1, 0.15) is 6.61 Å². The number of carbonyl (C=O) groups is 1. The molecule has 0 aromatic rings. The van der Waals surface area contributed by atoms with E-state index in [-0.39, 0.29) is 18.7 Å². The molecule has 0 aromatic carbocycles. The first-order valence-corrected chi connectivity index (χ1v) is 5.46. The maximum atomic E-state index is 10.0. The van der Waals surface area contributed by atoms with Crippen LogP contribution in [0.4, 0.5) is 0 Å². The smallest absolute Gasteiger partial charge is 0.302 e. The molecule has 0 saturated carbocycles. The fraction of sp³-hybridized carbons (Fsp3) is 0.909. The highest BCUT2D eigenvalue weighted by molar-refractivity contribution is 5.65. The summed E-state index contributed by atoms with van der Waals surface area (Å²) in [7, 11) is 1.56. The van der Waals surface area contributed by atoms with Gasteiger partial charge in [-0.15, -0.1) is 0 Å². The lowest BCUT2D eigenvalue weighted by Crippen LogP contribution is -2.19. The third kappa shape index (κ3) is 21.2. The van der Waals surface area contributed by atoms with Gasteiger partial charge < -0.3 is 24.4 Å². The monoisotopic (exact) mass is 252 g/mol. The van der Waals surface area contributed by atoms with E-state index in [0.29, 0.717) is 19.8 Å². The van der Waals surface area contributed by atoms with Crippen molar-refractivity contribution in [3.05, 3.63) is 0 Å². The topological polar surface area (TPSA) is 85.2 Å². The van der Waals surface area contributed by atoms with E-state index in [4.69, 9.17) is 14.9 Å². The van der Waals surface area contributed by atoms with Crippen molar-refractivity contribution in [1.82, 2.24) is 0 Å². The van der Waals surface area contributed by atoms with Crippen LogP contribution in [0.3, 0.4) is 0 Å². The Morgan fingerprint density at radius 3 is 2.24 bits per heavy atom. The lowest BCUT2D eigenvalue weighted by Gasteiger charge is -2.10. The van der Waals surface area contributed by atoms with Crippen molar-refractivity contribution in [3.8, 4) is 0 Å². The molecule has 0 aliphatic heterocycles. The number of rotatable bonds is 7. The third-order valence-electron chi connectivity index (χ3n) is 1.47. The van der Waals surface area contributed by atoms with Crippen molar-refractivity contribution in [2.24, 2.45) is 0 Å². The van der Waals surface area contributed by atoms with Gasteiger partial charge in [-0.25, -0.2) is 0 Å². The van der Waals surface area contributed by atoms with Crippen LogP contribution in [0.1, 0.15) is 20.8 Å². The second-order valence-electron chi connectivity index (χ2n) is 3.51. The second kappa shape index (κ2) is 13.4. The predicted octanol–water partition coefficient (Wildman–Crippen LogP) is -0.0395. The molecule has 0 radical (unpaired) electrons. The molecule has 0 rings (SSSR count). The van der Waals surface area contributed by atoms with Crippen LogP contribution in [0.15, 0.2) is 0 Å². The molecule has 2 unspecified atom stereocenters. The molecule has 17 heavy (non-hydrogen) atoms. The van der Waals surface area contributed by atoms with E-state index in [1.54, 1.807) is 21.0 Å². The van der Waals surface area contributed by atoms with Gasteiger partial charge >= 0.3 is 5.97 Å². The van der Waals surface area contributed by atoms with Crippen molar-refractivity contribution in [2.45, 2.75) is 33.0 Å². The van der Waals surface area contributed by atoms with E-state index >= 15 is 0 Å². The SMILES string of the molecule is CC(O)COC(C)CO.COCCOC(C)=O. The van der Waals surface area contributed by atoms with Crippen LogP contribution in [0.2, 0.25) is 0 Å². The summed E-state index contributed by atoms with van der Waals surface area (Å²) in [6.45, 7) is 5.89. The molecule has 0 bridgehead atoms. The van der Waals surface area contributed by atoms with Crippen LogP contribution >= 0.6 is 0 Å². The molecule has 0 aliphatic carbocycles. The van der Waals surface area contributed by atoms with Crippen molar-refractivity contribution in [2.75, 3.05) is 33.5 Å². The predicted molar refractivity (Wildman–Crippen MR) is 62.7 cm³/mol. The summed E-state index contributed by atoms with van der Waals surface area (Å²) < 4.78 is 14.1. The Morgan fingerprint density at radius 2 is 1.88 bits per heavy atom. The molecule has 0 amide bonds. The summed E-state index contributed by atoms with van der Waals surface area (Å²) in [6.07, 6.45) is -0.612. The van der Waals surface area contributed by atoms with Crippen LogP contribution in [0.25, 0.3) is 0 Å². The van der Waals surface area contributed by atoms with Gasteiger partial charge in [-0.3, -0.25) is 4.79 Å². The minimum absolute atomic E-state index is 0.00667. The lowest BCUT2D eigenvalue weighted by molar-refractivity contribution is -0.142. The van der Waals surface area contributed by atoms with Gasteiger partial charge in [0.05, 0.1) is 32.0 Å². The van der Waals surface area contributed by atoms with Gasteiger partial charge in [0, 0.05) is 14.0 Å². The van der Waals surface area contributed by atoms with E-state index in [9.17, 15) is 4.79 Å². The summed E-state index contributed by atoms with van der Waals surface area (Å²) >= 11 is 0. The molecular formula is C11H24O6. The Bertz CT molecular complexity index is 171. The second-order valence-corrected chi connectivity index (χ2v) is 3.51. The first-order chi connectivity index (χ1) is 7.93. The molecule has 6 heteroatoms. The fourth-order valence-electron chi connectivity index (χ4n) is 0.625. The van der Waals surface area contributed by atoms with E-state index in [1.807, 2.05) is 0 Å². The van der Waals surface area contributed by atoms with Gasteiger partial charge in [-0.2, -0.15) is 0 Å². The standard InChI is InChI=1S/C6H14O3.C5H10O3/c1-5(8)4-9-6(2)3-7;1-5(6)8-4-3-7-2/h5-8H,3-4H2,1-2H3;3-4H2,1-2H3. The van der Waals surface area contributed by atoms with Crippen molar-refractivity contribution >= 4 is 5.97 Å². The highest BCUT2D eigenvalue weighted by Crippen LogP contribution is 1.90. The normalized spacial score (nSPS) is 13.3. The molecule has 0 aromatic heterocycles. The summed E-state index contributed by atoms with van der Waals surface area (Å²) in [5, 5.41) is 17.1. The number of ether oxygens (including phenoxy) is 3. The molecule has 2 N–H and O–H groups in total. The van der Waals surface area contributed by atoms with Crippen molar-refractivity contribution < 1.29 is 29.2 Å². The highest BCUT2D eigenvalue weighted by Gasteiger charge is 2.00. The summed E-state index contributed by atoms with van der Waals surface area (Å²) in [5.41, 5.74) is 0. The molecule has 0 heterocycles. The third-order valence-corrected chi connectivity index (χ3v) is 1.47. The average molecular weight is 252 g/mol. The van der Waals surface area contributed by atoms with E-state index in [1.165, 1.54) is 6.92 Å². The number of aliphatic hydroxyl groups excluding tert-OH is 2. The molecule has 6 nitrogen and oxygen atoms in total. The van der Waals surface area contributed by atoms with E-state index in [0.717, 1.165) is 0 Å². The van der Waals surface area contributed by atoms with Crippen LogP contribution < -0.4 is 0 Å². The number of methoxy groups -OCH3 is 1. The Labute approximate surface area is 102 Å². The van der Waals surface area contributed by atoms with Crippen LogP contribution in [-0.4, -0.2) is 61.9 Å². The van der Waals surface area contributed by atoms with Gasteiger partial charge in [-0.05, 0) is 13.8 Å². The average Bonchev–Trinajstić information content (AvgIpc) is 2.26. The van der Waals surface area contributed by atoms with Crippen LogP contribution in [0, 0.1) is 0 Å². The molecule has 0 aliphatic rings. The lowest BCUT2D eigenvalue weighted by atomic mass is 10.4. The zero-order valence-electron chi connectivity index (χ0n) is 11.0. The Hall–Kier alpha value is -0.690. The molecule has 0 saturated heterocycles. The number of aliphatic hydroxyl groups is 2. The van der Waals surface area contributed by atoms with E-state index in [2.05, 4.69) is 9.47 Å². The van der Waals surface area contributed by atoms with E-state index < -0.39 is 6.10 Å². The Morgan fingerprint density at radius 1 is 1.29 bits per heavy atom.